The fraction of sp³-hybridized carbons (Fsp3) is 0.211. The molecule has 1 amide bonds. The second kappa shape index (κ2) is 6.25. The van der Waals surface area contributed by atoms with E-state index in [2.05, 4.69) is 46.4 Å². The van der Waals surface area contributed by atoms with Gasteiger partial charge in [0.1, 0.15) is 5.82 Å². The van der Waals surface area contributed by atoms with Crippen LogP contribution in [-0.2, 0) is 4.79 Å². The van der Waals surface area contributed by atoms with Gasteiger partial charge in [-0.25, -0.2) is 4.98 Å². The van der Waals surface area contributed by atoms with E-state index in [4.69, 9.17) is 10.1 Å². The van der Waals surface area contributed by atoms with Gasteiger partial charge in [-0.1, -0.05) is 17.4 Å². The molecule has 136 valence electrons. The van der Waals surface area contributed by atoms with E-state index in [0.717, 1.165) is 36.2 Å². The summed E-state index contributed by atoms with van der Waals surface area (Å²) in [6, 6.07) is 10.3. The molecule has 0 aliphatic carbocycles. The molecule has 5 rings (SSSR count). The summed E-state index contributed by atoms with van der Waals surface area (Å²) < 4.78 is 3.97. The van der Waals surface area contributed by atoms with E-state index in [-0.39, 0.29) is 11.8 Å². The predicted octanol–water partition coefficient (Wildman–Crippen LogP) is 5.40. The standard InChI is InChI=1S/C19H15BrN4OS2/c1-9-3-4-12-14(7-9)27-19(21-12)24-18-17(10(2)23-24)11(8-16(25)22-18)13-5-6-15(20)26-13/h3-7,11H,8H2,1-2H3,(H,22,25)/t11-/m0/s1. The molecule has 0 spiro atoms. The molecular weight excluding hydrogens is 444 g/mol. The van der Waals surface area contributed by atoms with Crippen LogP contribution in [-0.4, -0.2) is 20.7 Å². The number of carbonyl (C=O) groups excluding carboxylic acids is 1. The molecule has 1 aromatic carbocycles. The summed E-state index contributed by atoms with van der Waals surface area (Å²) >= 11 is 6.78. The number of anilines is 1. The van der Waals surface area contributed by atoms with Crippen LogP contribution in [0.15, 0.2) is 34.1 Å². The Hall–Kier alpha value is -2.03. The fourth-order valence-electron chi connectivity index (χ4n) is 3.55. The number of benzene rings is 1. The number of aromatic nitrogens is 3. The summed E-state index contributed by atoms with van der Waals surface area (Å²) in [5, 5.41) is 8.54. The first-order valence-electron chi connectivity index (χ1n) is 8.52. The second-order valence-corrected chi connectivity index (χ2v) is 10.2. The monoisotopic (exact) mass is 458 g/mol. The molecule has 0 fully saturated rings. The van der Waals surface area contributed by atoms with Gasteiger partial charge in [-0.2, -0.15) is 9.78 Å². The first-order valence-corrected chi connectivity index (χ1v) is 10.9. The average molecular weight is 459 g/mol. The SMILES string of the molecule is Cc1ccc2nc(-n3nc(C)c4c3NC(=O)C[C@H]4c3ccc(Br)s3)sc2c1. The van der Waals surface area contributed by atoms with Gasteiger partial charge in [0.05, 0.1) is 19.7 Å². The lowest BCUT2D eigenvalue weighted by Gasteiger charge is -2.22. The van der Waals surface area contributed by atoms with Crippen molar-refractivity contribution in [3.8, 4) is 5.13 Å². The molecule has 4 heterocycles. The number of rotatable bonds is 2. The Morgan fingerprint density at radius 2 is 2.07 bits per heavy atom. The van der Waals surface area contributed by atoms with Crippen molar-refractivity contribution in [2.24, 2.45) is 0 Å². The summed E-state index contributed by atoms with van der Waals surface area (Å²) in [5.41, 5.74) is 4.16. The van der Waals surface area contributed by atoms with Gasteiger partial charge in [0.25, 0.3) is 0 Å². The summed E-state index contributed by atoms with van der Waals surface area (Å²) in [6.45, 7) is 4.07. The molecule has 0 bridgehead atoms. The van der Waals surface area contributed by atoms with Crippen molar-refractivity contribution in [1.29, 1.82) is 0 Å². The molecule has 4 aromatic rings. The maximum absolute atomic E-state index is 12.4. The molecule has 1 aliphatic heterocycles. The molecule has 0 radical (unpaired) electrons. The molecular formula is C19H15BrN4OS2. The van der Waals surface area contributed by atoms with Crippen LogP contribution in [0.1, 0.15) is 34.0 Å². The van der Waals surface area contributed by atoms with Gasteiger partial charge in [-0.05, 0) is 59.6 Å². The van der Waals surface area contributed by atoms with Crippen LogP contribution in [0.3, 0.4) is 0 Å². The van der Waals surface area contributed by atoms with Gasteiger partial charge in [-0.15, -0.1) is 11.3 Å². The van der Waals surface area contributed by atoms with E-state index in [1.165, 1.54) is 10.4 Å². The van der Waals surface area contributed by atoms with Crippen molar-refractivity contribution >= 4 is 60.5 Å². The number of thiophene rings is 1. The highest BCUT2D eigenvalue weighted by molar-refractivity contribution is 9.11. The van der Waals surface area contributed by atoms with Crippen molar-refractivity contribution in [3.05, 3.63) is 55.8 Å². The minimum atomic E-state index is 0.00938. The Bertz CT molecular complexity index is 1210. The van der Waals surface area contributed by atoms with Crippen LogP contribution in [0, 0.1) is 13.8 Å². The minimum Gasteiger partial charge on any atom is -0.310 e. The van der Waals surface area contributed by atoms with E-state index in [0.29, 0.717) is 6.42 Å². The van der Waals surface area contributed by atoms with E-state index in [1.54, 1.807) is 27.4 Å². The lowest BCUT2D eigenvalue weighted by molar-refractivity contribution is -0.116. The molecule has 0 unspecified atom stereocenters. The third-order valence-electron chi connectivity index (χ3n) is 4.75. The quantitative estimate of drug-likeness (QED) is 0.437. The topological polar surface area (TPSA) is 59.8 Å². The Balaban J connectivity index is 1.68. The summed E-state index contributed by atoms with van der Waals surface area (Å²) in [6.07, 6.45) is 0.436. The number of carbonyl (C=O) groups is 1. The van der Waals surface area contributed by atoms with E-state index >= 15 is 0 Å². The van der Waals surface area contributed by atoms with Gasteiger partial charge >= 0.3 is 0 Å². The van der Waals surface area contributed by atoms with Crippen LogP contribution in [0.5, 0.6) is 0 Å². The van der Waals surface area contributed by atoms with Gasteiger partial charge in [0.15, 0.2) is 0 Å². The van der Waals surface area contributed by atoms with Crippen molar-refractivity contribution in [1.82, 2.24) is 14.8 Å². The third-order valence-corrected chi connectivity index (χ3v) is 7.48. The number of thiazole rings is 1. The van der Waals surface area contributed by atoms with E-state index < -0.39 is 0 Å². The molecule has 1 aliphatic rings. The highest BCUT2D eigenvalue weighted by Gasteiger charge is 2.34. The molecule has 0 saturated carbocycles. The zero-order valence-electron chi connectivity index (χ0n) is 14.6. The molecule has 3 aromatic heterocycles. The Labute approximate surface area is 172 Å². The van der Waals surface area contributed by atoms with Crippen LogP contribution in [0.2, 0.25) is 0 Å². The molecule has 0 saturated heterocycles. The molecule has 1 atom stereocenters. The zero-order chi connectivity index (χ0) is 18.7. The van der Waals surface area contributed by atoms with Crippen molar-refractivity contribution in [2.75, 3.05) is 5.32 Å². The fourth-order valence-corrected chi connectivity index (χ4v) is 6.11. The van der Waals surface area contributed by atoms with E-state index in [1.807, 2.05) is 19.1 Å². The summed E-state index contributed by atoms with van der Waals surface area (Å²) in [7, 11) is 0. The number of halogens is 1. The number of aryl methyl sites for hydroxylation is 2. The van der Waals surface area contributed by atoms with Crippen molar-refractivity contribution in [2.45, 2.75) is 26.2 Å². The Morgan fingerprint density at radius 3 is 2.85 bits per heavy atom. The average Bonchev–Trinajstić information content (AvgIpc) is 3.31. The number of fused-ring (bicyclic) bond motifs is 2. The number of nitrogens with one attached hydrogen (secondary N) is 1. The van der Waals surface area contributed by atoms with Crippen LogP contribution in [0.25, 0.3) is 15.3 Å². The Kier molecular flexibility index (Phi) is 3.96. The number of hydrogen-bond acceptors (Lipinski definition) is 5. The maximum Gasteiger partial charge on any atom is 0.226 e. The Morgan fingerprint density at radius 1 is 1.22 bits per heavy atom. The number of hydrogen-bond donors (Lipinski definition) is 1. The molecule has 8 heteroatoms. The van der Waals surface area contributed by atoms with Crippen molar-refractivity contribution in [3.63, 3.8) is 0 Å². The smallest absolute Gasteiger partial charge is 0.226 e. The van der Waals surface area contributed by atoms with Crippen LogP contribution >= 0.6 is 38.6 Å². The van der Waals surface area contributed by atoms with Gasteiger partial charge in [0.2, 0.25) is 11.0 Å². The predicted molar refractivity (Wildman–Crippen MR) is 113 cm³/mol. The third kappa shape index (κ3) is 2.83. The molecule has 1 N–H and O–H groups in total. The van der Waals surface area contributed by atoms with Crippen molar-refractivity contribution < 1.29 is 4.79 Å². The van der Waals surface area contributed by atoms with Gasteiger partial charge in [-0.3, -0.25) is 4.79 Å². The zero-order valence-corrected chi connectivity index (χ0v) is 17.8. The highest BCUT2D eigenvalue weighted by atomic mass is 79.9. The molecule has 5 nitrogen and oxygen atoms in total. The van der Waals surface area contributed by atoms with Gasteiger partial charge in [0, 0.05) is 22.8 Å². The lowest BCUT2D eigenvalue weighted by atomic mass is 9.91. The largest absolute Gasteiger partial charge is 0.310 e. The minimum absolute atomic E-state index is 0.00938. The normalized spacial score (nSPS) is 16.6. The number of nitrogens with zero attached hydrogens (tertiary/aromatic N) is 3. The number of amides is 1. The second-order valence-electron chi connectivity index (χ2n) is 6.67. The molecule has 27 heavy (non-hydrogen) atoms. The first-order chi connectivity index (χ1) is 13.0. The van der Waals surface area contributed by atoms with Crippen LogP contribution in [0.4, 0.5) is 5.82 Å². The van der Waals surface area contributed by atoms with Crippen LogP contribution < -0.4 is 5.32 Å². The maximum atomic E-state index is 12.4. The summed E-state index contributed by atoms with van der Waals surface area (Å²) in [5.74, 6) is 0.777. The first kappa shape index (κ1) is 17.1. The van der Waals surface area contributed by atoms with Gasteiger partial charge < -0.3 is 5.32 Å². The van der Waals surface area contributed by atoms with E-state index in [9.17, 15) is 4.79 Å². The lowest BCUT2D eigenvalue weighted by Crippen LogP contribution is -2.24. The summed E-state index contributed by atoms with van der Waals surface area (Å²) in [4.78, 5) is 18.4. The highest BCUT2D eigenvalue weighted by Crippen LogP contribution is 2.43.